The molecule has 0 heterocycles. The van der Waals surface area contributed by atoms with Crippen molar-refractivity contribution >= 4 is 16.7 Å². The van der Waals surface area contributed by atoms with Crippen molar-refractivity contribution in [2.75, 3.05) is 0 Å². The van der Waals surface area contributed by atoms with E-state index < -0.39 is 0 Å². The Kier molecular flexibility index (Phi) is 373. The molecule has 1 atom stereocenters. The van der Waals surface area contributed by atoms with Crippen LogP contribution in [0.4, 0.5) is 0 Å². The minimum Gasteiger partial charge on any atom is -0.545 e. The fourth-order valence-corrected chi connectivity index (χ4v) is 0. The summed E-state index contributed by atoms with van der Waals surface area (Å²) < 4.78 is 0. The Bertz CT molecular complexity index is 8.00. The molecule has 0 aromatic rings. The first kappa shape index (κ1) is 23.1. The molecule has 1 nitrogen and oxygen atoms in total. The van der Waals surface area contributed by atoms with E-state index in [2.05, 4.69) is 6.79 Å². The van der Waals surface area contributed by atoms with Gasteiger partial charge in [0.2, 0.25) is 0 Å². The van der Waals surface area contributed by atoms with E-state index in [0.717, 1.165) is 0 Å². The molecule has 0 fully saturated rings. The van der Waals surface area contributed by atoms with Gasteiger partial charge in [0.25, 0.3) is 0 Å². The van der Waals surface area contributed by atoms with Crippen LogP contribution in [0.3, 0.4) is 0 Å². The first-order valence-electron chi connectivity index (χ1n) is 0.236. The fourth-order valence-electron chi connectivity index (χ4n) is 0. The summed E-state index contributed by atoms with van der Waals surface area (Å²) in [4.78, 5) is 7.75. The topological polar surface area (TPSA) is 17.1 Å². The zero-order chi connectivity index (χ0) is 2.00. The Morgan fingerprint density at radius 2 is 1.25 bits per heavy atom. The number of carbonyl (C=O) groups excluding carboxylic acids is 1. The van der Waals surface area contributed by atoms with E-state index in [1.54, 1.807) is 0 Å². The fraction of sp³-hybridized carbons (Fsp3) is 0. The van der Waals surface area contributed by atoms with Crippen LogP contribution >= 0.6 is 9.90 Å². The minimum absolute atomic E-state index is 0. The van der Waals surface area contributed by atoms with Gasteiger partial charge in [-0.15, -0.1) is 0 Å². The molecule has 0 saturated carbocycles. The average molecular weight is 119 g/mol. The van der Waals surface area contributed by atoms with E-state index >= 15 is 0 Å². The maximum Gasteiger partial charge on any atom is 0 e. The van der Waals surface area contributed by atoms with Crippen molar-refractivity contribution in [3.8, 4) is 0 Å². The van der Waals surface area contributed by atoms with Crippen molar-refractivity contribution in [2.45, 2.75) is 0 Å². The van der Waals surface area contributed by atoms with Crippen molar-refractivity contribution in [1.82, 2.24) is 0 Å². The van der Waals surface area contributed by atoms with Crippen LogP contribution < -0.4 is 0 Å². The summed E-state index contributed by atoms with van der Waals surface area (Å²) in [5.74, 6) is 0. The van der Waals surface area contributed by atoms with Gasteiger partial charge in [-0.2, -0.15) is 9.90 Å². The third-order valence-corrected chi connectivity index (χ3v) is 0. The molecule has 0 radical (unpaired) electrons. The third kappa shape index (κ3) is 17.9. The van der Waals surface area contributed by atoms with E-state index in [1.807, 2.05) is 0 Å². The van der Waals surface area contributed by atoms with Crippen LogP contribution in [-0.2, 0) is 21.9 Å². The SMILES string of the molecule is P.[CH-]=O.[Fe]. The van der Waals surface area contributed by atoms with Gasteiger partial charge in [-0.05, 0) is 0 Å². The quantitative estimate of drug-likeness (QED) is 0.186. The molecule has 0 aliphatic carbocycles. The van der Waals surface area contributed by atoms with Gasteiger partial charge in [-0.25, -0.2) is 0 Å². The van der Waals surface area contributed by atoms with Crippen LogP contribution in [0.5, 0.6) is 0 Å². The summed E-state index contributed by atoms with van der Waals surface area (Å²) in [5, 5.41) is 0. The molecule has 0 spiro atoms. The summed E-state index contributed by atoms with van der Waals surface area (Å²) in [6.07, 6.45) is 0. The zero-order valence-electron chi connectivity index (χ0n) is 2.05. The predicted molar refractivity (Wildman–Crippen MR) is 17.9 cm³/mol. The summed E-state index contributed by atoms with van der Waals surface area (Å²) >= 11 is 0. The van der Waals surface area contributed by atoms with Crippen LogP contribution in [0.25, 0.3) is 0 Å². The molecule has 4 heavy (non-hydrogen) atoms. The van der Waals surface area contributed by atoms with Crippen LogP contribution in [0.15, 0.2) is 0 Å². The average Bonchev–Trinajstić information content (AvgIpc) is 1.00. The largest absolute Gasteiger partial charge is 0.545 e. The summed E-state index contributed by atoms with van der Waals surface area (Å²) in [6, 6.07) is 0. The Balaban J connectivity index is -0.00000000500. The van der Waals surface area contributed by atoms with Gasteiger partial charge >= 0.3 is 0 Å². The number of rotatable bonds is 0. The van der Waals surface area contributed by atoms with Crippen LogP contribution in [0.1, 0.15) is 0 Å². The van der Waals surface area contributed by atoms with Crippen molar-refractivity contribution in [2.24, 2.45) is 0 Å². The molecule has 0 N–H and O–H groups in total. The van der Waals surface area contributed by atoms with Crippen LogP contribution in [0.2, 0.25) is 0 Å². The number of hydrogen-bond acceptors (Lipinski definition) is 1. The van der Waals surface area contributed by atoms with Crippen molar-refractivity contribution in [1.29, 1.82) is 0 Å². The molecule has 0 bridgehead atoms. The van der Waals surface area contributed by atoms with Crippen molar-refractivity contribution in [3.63, 3.8) is 0 Å². The first-order chi connectivity index (χ1) is 1.00. The molecular formula is CH4FeOP-. The number of hydrogen-bond donors (Lipinski definition) is 0. The van der Waals surface area contributed by atoms with Crippen LogP contribution in [0, 0.1) is 0 Å². The molecule has 3 heteroatoms. The summed E-state index contributed by atoms with van der Waals surface area (Å²) in [6.45, 7) is 3.25. The normalized spacial score (nSPS) is 1.00. The van der Waals surface area contributed by atoms with Crippen molar-refractivity contribution < 1.29 is 21.9 Å². The molecule has 0 aromatic heterocycles. The first-order valence-corrected chi connectivity index (χ1v) is 0.236. The molecule has 1 unspecified atom stereocenters. The molecule has 0 aliphatic rings. The van der Waals surface area contributed by atoms with Gasteiger partial charge in [0, 0.05) is 17.1 Å². The maximum absolute atomic E-state index is 7.75. The van der Waals surface area contributed by atoms with Gasteiger partial charge in [0.05, 0.1) is 0 Å². The molecule has 28 valence electrons. The molecule has 0 amide bonds. The van der Waals surface area contributed by atoms with Gasteiger partial charge in [-0.1, -0.05) is 0 Å². The Morgan fingerprint density at radius 3 is 1.25 bits per heavy atom. The Hall–Kier alpha value is 0.619. The summed E-state index contributed by atoms with van der Waals surface area (Å²) in [7, 11) is 0. The summed E-state index contributed by atoms with van der Waals surface area (Å²) in [5.41, 5.74) is 0. The third-order valence-electron chi connectivity index (χ3n) is 0. The maximum atomic E-state index is 7.75. The van der Waals surface area contributed by atoms with E-state index in [-0.39, 0.29) is 27.0 Å². The van der Waals surface area contributed by atoms with E-state index in [4.69, 9.17) is 4.79 Å². The van der Waals surface area contributed by atoms with Crippen LogP contribution in [-0.4, -0.2) is 6.79 Å². The van der Waals surface area contributed by atoms with Gasteiger partial charge in [0.15, 0.2) is 0 Å². The smallest absolute Gasteiger partial charge is 0 e. The van der Waals surface area contributed by atoms with E-state index in [9.17, 15) is 0 Å². The minimum atomic E-state index is 0. The zero-order valence-corrected chi connectivity index (χ0v) is 4.56. The second-order valence-corrected chi connectivity index (χ2v) is 0. The Morgan fingerprint density at radius 1 is 1.25 bits per heavy atom. The van der Waals surface area contributed by atoms with Gasteiger partial charge in [0.1, 0.15) is 0 Å². The monoisotopic (exact) mass is 119 g/mol. The standard InChI is InChI=1S/CHO.Fe.H3P/c1-2;;/h1H;;1H3/q-1;;. The molecule has 0 saturated heterocycles. The molecular weight excluding hydrogens is 115 g/mol. The second kappa shape index (κ2) is 64.7. The second-order valence-electron chi connectivity index (χ2n) is 0. The van der Waals surface area contributed by atoms with E-state index in [1.165, 1.54) is 0 Å². The van der Waals surface area contributed by atoms with Gasteiger partial charge < -0.3 is 4.79 Å². The molecule has 0 aromatic carbocycles. The Labute approximate surface area is 39.2 Å². The van der Waals surface area contributed by atoms with Crippen molar-refractivity contribution in [3.05, 3.63) is 0 Å². The molecule has 0 aliphatic heterocycles. The van der Waals surface area contributed by atoms with E-state index in [0.29, 0.717) is 0 Å². The predicted octanol–water partition coefficient (Wildman–Crippen LogP) is -0.219. The molecule has 0 rings (SSSR count). The van der Waals surface area contributed by atoms with Gasteiger partial charge in [-0.3, -0.25) is 6.79 Å².